The average Bonchev–Trinajstić information content (AvgIpc) is 2.65. The maximum Gasteiger partial charge on any atom is 0.0537 e. The predicted molar refractivity (Wildman–Crippen MR) is 61.2 cm³/mol. The fourth-order valence-corrected chi connectivity index (χ4v) is 2.40. The molecule has 0 fully saturated rings. The van der Waals surface area contributed by atoms with Gasteiger partial charge in [-0.1, -0.05) is 38.2 Å². The topological polar surface area (TPSA) is 3.24 Å². The first kappa shape index (κ1) is 9.72. The molecule has 1 heteroatoms. The molecule has 1 nitrogen and oxygen atoms in total. The van der Waals surface area contributed by atoms with E-state index < -0.39 is 0 Å². The molecule has 0 N–H and O–H groups in total. The first-order chi connectivity index (χ1) is 6.86. The van der Waals surface area contributed by atoms with Crippen molar-refractivity contribution < 1.29 is 0 Å². The molecule has 0 amide bonds. The standard InChI is InChI=1S/C13H19N/c1-3-14(4-2)13-10-9-11-7-5-6-8-12(11)13/h7-10,13H,3-6H2,1-2H3. The summed E-state index contributed by atoms with van der Waals surface area (Å²) in [5.41, 5.74) is 3.01. The maximum absolute atomic E-state index is 2.51. The summed E-state index contributed by atoms with van der Waals surface area (Å²) in [4.78, 5) is 2.51. The van der Waals surface area contributed by atoms with Gasteiger partial charge in [-0.15, -0.1) is 0 Å². The Labute approximate surface area is 86.8 Å². The fraction of sp³-hybridized carbons (Fsp3) is 0.538. The third-order valence-electron chi connectivity index (χ3n) is 3.21. The van der Waals surface area contributed by atoms with E-state index in [2.05, 4.69) is 43.1 Å². The van der Waals surface area contributed by atoms with Crippen LogP contribution in [0.2, 0.25) is 0 Å². The van der Waals surface area contributed by atoms with Crippen LogP contribution in [0.3, 0.4) is 0 Å². The van der Waals surface area contributed by atoms with Gasteiger partial charge in [0.1, 0.15) is 0 Å². The molecular weight excluding hydrogens is 170 g/mol. The number of likely N-dealkylation sites (N-methyl/N-ethyl adjacent to an activating group) is 1. The third kappa shape index (κ3) is 1.57. The number of fused-ring (bicyclic) bond motifs is 1. The normalized spacial score (nSPS) is 24.9. The molecule has 0 heterocycles. The van der Waals surface area contributed by atoms with Gasteiger partial charge in [0.2, 0.25) is 0 Å². The summed E-state index contributed by atoms with van der Waals surface area (Å²) in [6, 6.07) is 0.552. The van der Waals surface area contributed by atoms with Crippen LogP contribution in [-0.2, 0) is 0 Å². The van der Waals surface area contributed by atoms with Crippen LogP contribution in [0.4, 0.5) is 0 Å². The van der Waals surface area contributed by atoms with Gasteiger partial charge in [0.05, 0.1) is 6.04 Å². The third-order valence-corrected chi connectivity index (χ3v) is 3.21. The number of hydrogen-bond donors (Lipinski definition) is 0. The van der Waals surface area contributed by atoms with Crippen LogP contribution in [0.25, 0.3) is 0 Å². The molecule has 0 aromatic heterocycles. The van der Waals surface area contributed by atoms with Gasteiger partial charge in [0.15, 0.2) is 0 Å². The number of nitrogens with zero attached hydrogens (tertiary/aromatic N) is 1. The Balaban J connectivity index is 2.19. The summed E-state index contributed by atoms with van der Waals surface area (Å²) in [6.07, 6.45) is 11.9. The van der Waals surface area contributed by atoms with Crippen molar-refractivity contribution in [3.05, 3.63) is 35.5 Å². The molecule has 2 aliphatic rings. The largest absolute Gasteiger partial charge is 0.293 e. The molecule has 1 unspecified atom stereocenters. The molecule has 0 saturated heterocycles. The molecule has 0 spiro atoms. The van der Waals surface area contributed by atoms with Crippen molar-refractivity contribution in [3.63, 3.8) is 0 Å². The van der Waals surface area contributed by atoms with Gasteiger partial charge < -0.3 is 0 Å². The first-order valence-electron chi connectivity index (χ1n) is 5.69. The van der Waals surface area contributed by atoms with E-state index in [9.17, 15) is 0 Å². The molecule has 0 saturated carbocycles. The van der Waals surface area contributed by atoms with E-state index in [1.54, 1.807) is 5.57 Å². The van der Waals surface area contributed by atoms with Crippen LogP contribution in [0.5, 0.6) is 0 Å². The molecule has 14 heavy (non-hydrogen) atoms. The van der Waals surface area contributed by atoms with Gasteiger partial charge in [-0.25, -0.2) is 0 Å². The van der Waals surface area contributed by atoms with E-state index in [0.717, 1.165) is 13.1 Å². The lowest BCUT2D eigenvalue weighted by molar-refractivity contribution is 0.284. The van der Waals surface area contributed by atoms with E-state index >= 15 is 0 Å². The predicted octanol–water partition coefficient (Wildman–Crippen LogP) is 2.91. The molecule has 76 valence electrons. The number of rotatable bonds is 3. The fourth-order valence-electron chi connectivity index (χ4n) is 2.40. The molecule has 0 aliphatic heterocycles. The quantitative estimate of drug-likeness (QED) is 0.660. The zero-order valence-electron chi connectivity index (χ0n) is 9.16. The smallest absolute Gasteiger partial charge is 0.0537 e. The van der Waals surface area contributed by atoms with Crippen LogP contribution >= 0.6 is 0 Å². The minimum absolute atomic E-state index is 0.552. The molecular formula is C13H19N. The molecule has 0 bridgehead atoms. The molecule has 0 aromatic carbocycles. The number of hydrogen-bond acceptors (Lipinski definition) is 1. The Hall–Kier alpha value is -0.820. The highest BCUT2D eigenvalue weighted by atomic mass is 15.1. The van der Waals surface area contributed by atoms with Crippen molar-refractivity contribution in [1.29, 1.82) is 0 Å². The van der Waals surface area contributed by atoms with Crippen molar-refractivity contribution in [3.8, 4) is 0 Å². The maximum atomic E-state index is 2.51. The Kier molecular flexibility index (Phi) is 2.87. The first-order valence-corrected chi connectivity index (χ1v) is 5.69. The second-order valence-electron chi connectivity index (χ2n) is 3.92. The lowest BCUT2D eigenvalue weighted by atomic mass is 9.97. The Morgan fingerprint density at radius 2 is 1.93 bits per heavy atom. The monoisotopic (exact) mass is 189 g/mol. The molecule has 2 aliphatic carbocycles. The van der Waals surface area contributed by atoms with E-state index in [1.165, 1.54) is 18.4 Å². The van der Waals surface area contributed by atoms with Crippen LogP contribution in [0.1, 0.15) is 26.7 Å². The zero-order chi connectivity index (χ0) is 9.97. The molecule has 0 radical (unpaired) electrons. The molecule has 1 atom stereocenters. The lowest BCUT2D eigenvalue weighted by Gasteiger charge is -2.27. The lowest BCUT2D eigenvalue weighted by Crippen LogP contribution is -2.33. The van der Waals surface area contributed by atoms with Crippen molar-refractivity contribution >= 4 is 0 Å². The van der Waals surface area contributed by atoms with Gasteiger partial charge in [-0.2, -0.15) is 0 Å². The van der Waals surface area contributed by atoms with Crippen molar-refractivity contribution in [1.82, 2.24) is 4.90 Å². The summed E-state index contributed by atoms with van der Waals surface area (Å²) >= 11 is 0. The summed E-state index contributed by atoms with van der Waals surface area (Å²) in [6.45, 7) is 6.75. The van der Waals surface area contributed by atoms with Crippen molar-refractivity contribution in [2.45, 2.75) is 32.7 Å². The average molecular weight is 189 g/mol. The van der Waals surface area contributed by atoms with Crippen LogP contribution < -0.4 is 0 Å². The van der Waals surface area contributed by atoms with Crippen LogP contribution in [0.15, 0.2) is 35.5 Å². The molecule has 0 aromatic rings. The number of allylic oxidation sites excluding steroid dienone is 3. The van der Waals surface area contributed by atoms with E-state index in [4.69, 9.17) is 0 Å². The van der Waals surface area contributed by atoms with Gasteiger partial charge in [-0.05, 0) is 37.1 Å². The van der Waals surface area contributed by atoms with Gasteiger partial charge in [0, 0.05) is 0 Å². The van der Waals surface area contributed by atoms with Crippen LogP contribution in [0, 0.1) is 0 Å². The Bertz CT molecular complexity index is 292. The zero-order valence-corrected chi connectivity index (χ0v) is 9.16. The second-order valence-corrected chi connectivity index (χ2v) is 3.92. The second kappa shape index (κ2) is 4.14. The van der Waals surface area contributed by atoms with E-state index in [1.807, 2.05) is 0 Å². The minimum atomic E-state index is 0.552. The summed E-state index contributed by atoms with van der Waals surface area (Å²) in [7, 11) is 0. The Morgan fingerprint density at radius 1 is 1.21 bits per heavy atom. The summed E-state index contributed by atoms with van der Waals surface area (Å²) in [5.74, 6) is 0. The van der Waals surface area contributed by atoms with E-state index in [0.29, 0.717) is 6.04 Å². The van der Waals surface area contributed by atoms with E-state index in [-0.39, 0.29) is 0 Å². The highest BCUT2D eigenvalue weighted by Crippen LogP contribution is 2.31. The van der Waals surface area contributed by atoms with Crippen molar-refractivity contribution in [2.75, 3.05) is 13.1 Å². The summed E-state index contributed by atoms with van der Waals surface area (Å²) < 4.78 is 0. The van der Waals surface area contributed by atoms with Gasteiger partial charge in [0.25, 0.3) is 0 Å². The van der Waals surface area contributed by atoms with Crippen LogP contribution in [-0.4, -0.2) is 24.0 Å². The molecule has 2 rings (SSSR count). The highest BCUT2D eigenvalue weighted by molar-refractivity contribution is 5.52. The Morgan fingerprint density at radius 3 is 2.64 bits per heavy atom. The van der Waals surface area contributed by atoms with Crippen molar-refractivity contribution in [2.24, 2.45) is 0 Å². The van der Waals surface area contributed by atoms with Gasteiger partial charge in [-0.3, -0.25) is 4.90 Å². The highest BCUT2D eigenvalue weighted by Gasteiger charge is 2.24. The summed E-state index contributed by atoms with van der Waals surface area (Å²) in [5, 5.41) is 0. The SMILES string of the molecule is CCN(CC)C1C=CC2=CCCC=C21. The van der Waals surface area contributed by atoms with Gasteiger partial charge >= 0.3 is 0 Å². The minimum Gasteiger partial charge on any atom is -0.293 e.